The number of hydrogen-bond donors (Lipinski definition) is 2. The summed E-state index contributed by atoms with van der Waals surface area (Å²) < 4.78 is 0. The molecule has 24 heavy (non-hydrogen) atoms. The SMILES string of the molecule is CCc1ccc(NC(=O)C(C)(C)C(=O)NCc2ccccn2)cc1. The van der Waals surface area contributed by atoms with E-state index in [-0.39, 0.29) is 11.8 Å². The Labute approximate surface area is 142 Å². The Balaban J connectivity index is 1.96. The summed E-state index contributed by atoms with van der Waals surface area (Å²) in [4.78, 5) is 29.0. The van der Waals surface area contributed by atoms with E-state index in [0.717, 1.165) is 12.1 Å². The molecule has 2 N–H and O–H groups in total. The van der Waals surface area contributed by atoms with Gasteiger partial charge >= 0.3 is 0 Å². The number of carbonyl (C=O) groups excluding carboxylic acids is 2. The van der Waals surface area contributed by atoms with Gasteiger partial charge in [-0.3, -0.25) is 14.6 Å². The average molecular weight is 325 g/mol. The van der Waals surface area contributed by atoms with Crippen LogP contribution < -0.4 is 10.6 Å². The molecule has 0 aliphatic heterocycles. The number of carbonyl (C=O) groups is 2. The Kier molecular flexibility index (Phi) is 5.68. The minimum atomic E-state index is -1.18. The molecule has 5 heteroatoms. The highest BCUT2D eigenvalue weighted by Crippen LogP contribution is 2.19. The second-order valence-electron chi connectivity index (χ2n) is 6.13. The van der Waals surface area contributed by atoms with Gasteiger partial charge in [0.15, 0.2) is 0 Å². The predicted molar refractivity (Wildman–Crippen MR) is 94.3 cm³/mol. The molecule has 0 atom stereocenters. The summed E-state index contributed by atoms with van der Waals surface area (Å²) in [5, 5.41) is 5.56. The van der Waals surface area contributed by atoms with E-state index in [4.69, 9.17) is 0 Å². The monoisotopic (exact) mass is 325 g/mol. The largest absolute Gasteiger partial charge is 0.350 e. The van der Waals surface area contributed by atoms with Crippen molar-refractivity contribution in [3.05, 3.63) is 59.9 Å². The van der Waals surface area contributed by atoms with Gasteiger partial charge in [0.25, 0.3) is 0 Å². The number of nitrogens with zero attached hydrogens (tertiary/aromatic N) is 1. The molecule has 0 aliphatic carbocycles. The number of pyridine rings is 1. The first-order chi connectivity index (χ1) is 11.4. The predicted octanol–water partition coefficient (Wildman–Crippen LogP) is 2.93. The van der Waals surface area contributed by atoms with E-state index in [1.54, 1.807) is 20.0 Å². The van der Waals surface area contributed by atoms with Gasteiger partial charge in [0.2, 0.25) is 11.8 Å². The van der Waals surface area contributed by atoms with E-state index in [1.807, 2.05) is 42.5 Å². The van der Waals surface area contributed by atoms with Gasteiger partial charge in [0.1, 0.15) is 5.41 Å². The van der Waals surface area contributed by atoms with E-state index in [9.17, 15) is 9.59 Å². The normalized spacial score (nSPS) is 11.0. The molecule has 2 rings (SSSR count). The summed E-state index contributed by atoms with van der Waals surface area (Å²) in [6, 6.07) is 13.1. The van der Waals surface area contributed by atoms with Crippen molar-refractivity contribution in [1.29, 1.82) is 0 Å². The quantitative estimate of drug-likeness (QED) is 0.802. The highest BCUT2D eigenvalue weighted by atomic mass is 16.2. The molecule has 1 heterocycles. The molecule has 5 nitrogen and oxygen atoms in total. The second kappa shape index (κ2) is 7.73. The third-order valence-corrected chi connectivity index (χ3v) is 3.91. The van der Waals surface area contributed by atoms with Crippen molar-refractivity contribution < 1.29 is 9.59 Å². The fraction of sp³-hybridized carbons (Fsp3) is 0.316. The molecular weight excluding hydrogens is 302 g/mol. The lowest BCUT2D eigenvalue weighted by Crippen LogP contribution is -2.44. The van der Waals surface area contributed by atoms with Crippen molar-refractivity contribution in [2.24, 2.45) is 5.41 Å². The van der Waals surface area contributed by atoms with Crippen molar-refractivity contribution in [2.75, 3.05) is 5.32 Å². The van der Waals surface area contributed by atoms with Gasteiger partial charge in [-0.05, 0) is 50.1 Å². The third kappa shape index (κ3) is 4.41. The maximum Gasteiger partial charge on any atom is 0.239 e. The van der Waals surface area contributed by atoms with Crippen LogP contribution in [0.25, 0.3) is 0 Å². The topological polar surface area (TPSA) is 71.1 Å². The summed E-state index contributed by atoms with van der Waals surface area (Å²) >= 11 is 0. The van der Waals surface area contributed by atoms with Crippen LogP contribution in [0.15, 0.2) is 48.7 Å². The molecule has 0 bridgehead atoms. The second-order valence-corrected chi connectivity index (χ2v) is 6.13. The lowest BCUT2D eigenvalue weighted by Gasteiger charge is -2.22. The van der Waals surface area contributed by atoms with Crippen LogP contribution in [0.4, 0.5) is 5.69 Å². The molecule has 0 aliphatic rings. The fourth-order valence-electron chi connectivity index (χ4n) is 2.11. The number of nitrogens with one attached hydrogen (secondary N) is 2. The molecule has 126 valence electrons. The molecule has 0 spiro atoms. The van der Waals surface area contributed by atoms with Crippen LogP contribution in [0.5, 0.6) is 0 Å². The van der Waals surface area contributed by atoms with Crippen molar-refractivity contribution in [3.8, 4) is 0 Å². The van der Waals surface area contributed by atoms with Gasteiger partial charge in [0.05, 0.1) is 12.2 Å². The Morgan fingerprint density at radius 2 is 1.75 bits per heavy atom. The third-order valence-electron chi connectivity index (χ3n) is 3.91. The molecule has 0 saturated carbocycles. The van der Waals surface area contributed by atoms with Crippen molar-refractivity contribution in [3.63, 3.8) is 0 Å². The molecule has 0 radical (unpaired) electrons. The first kappa shape index (κ1) is 17.7. The van der Waals surface area contributed by atoms with Crippen LogP contribution in [0.1, 0.15) is 32.0 Å². The first-order valence-corrected chi connectivity index (χ1v) is 8.02. The Morgan fingerprint density at radius 1 is 1.04 bits per heavy atom. The summed E-state index contributed by atoms with van der Waals surface area (Å²) in [6.45, 7) is 5.58. The van der Waals surface area contributed by atoms with Crippen molar-refractivity contribution in [1.82, 2.24) is 10.3 Å². The zero-order valence-electron chi connectivity index (χ0n) is 14.3. The van der Waals surface area contributed by atoms with Crippen LogP contribution in [0, 0.1) is 5.41 Å². The number of aryl methyl sites for hydroxylation is 1. The molecule has 0 saturated heterocycles. The van der Waals surface area contributed by atoms with Gasteiger partial charge < -0.3 is 10.6 Å². The summed E-state index contributed by atoms with van der Waals surface area (Å²) in [5.41, 5.74) is 1.44. The van der Waals surface area contributed by atoms with Crippen LogP contribution in [0.2, 0.25) is 0 Å². The molecule has 0 unspecified atom stereocenters. The number of rotatable bonds is 6. The van der Waals surface area contributed by atoms with Crippen LogP contribution in [-0.2, 0) is 22.6 Å². The number of anilines is 1. The zero-order valence-corrected chi connectivity index (χ0v) is 14.3. The molecule has 0 fully saturated rings. The Morgan fingerprint density at radius 3 is 2.33 bits per heavy atom. The van der Waals surface area contributed by atoms with Gasteiger partial charge in [0, 0.05) is 11.9 Å². The maximum atomic E-state index is 12.5. The fourth-order valence-corrected chi connectivity index (χ4v) is 2.11. The highest BCUT2D eigenvalue weighted by molar-refractivity contribution is 6.09. The van der Waals surface area contributed by atoms with E-state index >= 15 is 0 Å². The standard InChI is InChI=1S/C19H23N3O2/c1-4-14-8-10-15(11-9-14)22-18(24)19(2,3)17(23)21-13-16-7-5-6-12-20-16/h5-12H,4,13H2,1-3H3,(H,21,23)(H,22,24). The number of aromatic nitrogens is 1. The minimum Gasteiger partial charge on any atom is -0.350 e. The summed E-state index contributed by atoms with van der Waals surface area (Å²) in [5.74, 6) is -0.680. The minimum absolute atomic E-state index is 0.293. The lowest BCUT2D eigenvalue weighted by atomic mass is 9.91. The average Bonchev–Trinajstić information content (AvgIpc) is 2.61. The summed E-state index contributed by atoms with van der Waals surface area (Å²) in [7, 11) is 0. The lowest BCUT2D eigenvalue weighted by molar-refractivity contribution is -0.138. The number of amides is 2. The zero-order chi connectivity index (χ0) is 17.6. The molecule has 2 aromatic rings. The van der Waals surface area contributed by atoms with E-state index < -0.39 is 5.41 Å². The van der Waals surface area contributed by atoms with Crippen LogP contribution in [0.3, 0.4) is 0 Å². The van der Waals surface area contributed by atoms with E-state index in [1.165, 1.54) is 5.56 Å². The van der Waals surface area contributed by atoms with Gasteiger partial charge in [-0.2, -0.15) is 0 Å². The highest BCUT2D eigenvalue weighted by Gasteiger charge is 2.35. The number of hydrogen-bond acceptors (Lipinski definition) is 3. The first-order valence-electron chi connectivity index (χ1n) is 8.02. The smallest absolute Gasteiger partial charge is 0.239 e. The van der Waals surface area contributed by atoms with Crippen LogP contribution >= 0.6 is 0 Å². The molecule has 2 amide bonds. The Hall–Kier alpha value is -2.69. The van der Waals surface area contributed by atoms with Gasteiger partial charge in [-0.1, -0.05) is 25.1 Å². The van der Waals surface area contributed by atoms with Gasteiger partial charge in [-0.25, -0.2) is 0 Å². The molecule has 1 aromatic heterocycles. The molecule has 1 aromatic carbocycles. The van der Waals surface area contributed by atoms with Crippen molar-refractivity contribution in [2.45, 2.75) is 33.7 Å². The van der Waals surface area contributed by atoms with Crippen LogP contribution in [-0.4, -0.2) is 16.8 Å². The van der Waals surface area contributed by atoms with Gasteiger partial charge in [-0.15, -0.1) is 0 Å². The van der Waals surface area contributed by atoms with E-state index in [0.29, 0.717) is 12.2 Å². The maximum absolute atomic E-state index is 12.5. The summed E-state index contributed by atoms with van der Waals surface area (Å²) in [6.07, 6.45) is 2.61. The van der Waals surface area contributed by atoms with Crippen molar-refractivity contribution >= 4 is 17.5 Å². The van der Waals surface area contributed by atoms with E-state index in [2.05, 4.69) is 22.5 Å². The number of benzene rings is 1. The Bertz CT molecular complexity index is 694. The molecular formula is C19H23N3O2.